The van der Waals surface area contributed by atoms with Gasteiger partial charge in [-0.1, -0.05) is 23.7 Å². The third-order valence-corrected chi connectivity index (χ3v) is 3.90. The van der Waals surface area contributed by atoms with Crippen LogP contribution in [-0.4, -0.2) is 48.1 Å². The van der Waals surface area contributed by atoms with E-state index >= 15 is 0 Å². The Morgan fingerprint density at radius 2 is 1.95 bits per heavy atom. The first-order valence-corrected chi connectivity index (χ1v) is 7.86. The van der Waals surface area contributed by atoms with Crippen LogP contribution < -0.4 is 5.32 Å². The molecule has 0 bridgehead atoms. The molecule has 1 fully saturated rings. The van der Waals surface area contributed by atoms with Gasteiger partial charge in [-0.15, -0.1) is 0 Å². The van der Waals surface area contributed by atoms with Gasteiger partial charge in [0.05, 0.1) is 6.54 Å². The second-order valence-corrected chi connectivity index (χ2v) is 6.16. The van der Waals surface area contributed by atoms with Crippen molar-refractivity contribution in [1.29, 1.82) is 0 Å². The first-order chi connectivity index (χ1) is 10.5. The fraction of sp³-hybridized carbons (Fsp3) is 0.500. The van der Waals surface area contributed by atoms with Gasteiger partial charge in [0, 0.05) is 18.1 Å². The van der Waals surface area contributed by atoms with Crippen molar-refractivity contribution in [3.05, 3.63) is 34.9 Å². The van der Waals surface area contributed by atoms with Gasteiger partial charge in [0.25, 0.3) is 0 Å². The minimum atomic E-state index is -1.02. The van der Waals surface area contributed by atoms with Gasteiger partial charge in [-0.05, 0) is 42.9 Å². The van der Waals surface area contributed by atoms with E-state index in [1.165, 1.54) is 18.4 Å². The van der Waals surface area contributed by atoms with Gasteiger partial charge in [0.2, 0.25) is 5.91 Å². The molecule has 5 nitrogen and oxygen atoms in total. The molecular weight excluding hydrogens is 304 g/mol. The molecule has 120 valence electrons. The van der Waals surface area contributed by atoms with Crippen molar-refractivity contribution in [2.24, 2.45) is 5.92 Å². The largest absolute Gasteiger partial charge is 0.480 e. The maximum Gasteiger partial charge on any atom is 0.322 e. The van der Waals surface area contributed by atoms with Gasteiger partial charge in [0.15, 0.2) is 0 Å². The van der Waals surface area contributed by atoms with Crippen LogP contribution in [-0.2, 0) is 16.0 Å². The highest BCUT2D eigenvalue weighted by molar-refractivity contribution is 6.30. The summed E-state index contributed by atoms with van der Waals surface area (Å²) >= 11 is 5.87. The number of amides is 1. The first-order valence-electron chi connectivity index (χ1n) is 7.48. The lowest BCUT2D eigenvalue weighted by Gasteiger charge is -2.21. The van der Waals surface area contributed by atoms with Gasteiger partial charge in [-0.25, -0.2) is 0 Å². The summed E-state index contributed by atoms with van der Waals surface area (Å²) in [7, 11) is 0. The Morgan fingerprint density at radius 3 is 2.55 bits per heavy atom. The summed E-state index contributed by atoms with van der Waals surface area (Å²) < 4.78 is 0. The number of aliphatic carboxylic acids is 1. The van der Waals surface area contributed by atoms with Gasteiger partial charge >= 0.3 is 5.97 Å². The molecule has 1 saturated carbocycles. The molecule has 0 aliphatic heterocycles. The highest BCUT2D eigenvalue weighted by atomic mass is 35.5. The highest BCUT2D eigenvalue weighted by Crippen LogP contribution is 2.29. The maximum atomic E-state index is 11.8. The molecule has 2 rings (SSSR count). The number of carbonyl (C=O) groups excluding carboxylic acids is 1. The van der Waals surface area contributed by atoms with E-state index in [-0.39, 0.29) is 19.0 Å². The van der Waals surface area contributed by atoms with Crippen LogP contribution in [0.25, 0.3) is 0 Å². The SMILES string of the molecule is O=C(O)CNC(=O)CN(CCc1ccc(Cl)cc1)CC1CC1. The van der Waals surface area contributed by atoms with Crippen LogP contribution in [0.1, 0.15) is 18.4 Å². The number of rotatable bonds is 9. The van der Waals surface area contributed by atoms with Gasteiger partial charge in [-0.2, -0.15) is 0 Å². The monoisotopic (exact) mass is 324 g/mol. The molecule has 0 saturated heterocycles. The van der Waals surface area contributed by atoms with Crippen molar-refractivity contribution in [3.63, 3.8) is 0 Å². The molecule has 1 aromatic rings. The second kappa shape index (κ2) is 8.15. The molecule has 2 N–H and O–H groups in total. The number of hydrogen-bond donors (Lipinski definition) is 2. The molecule has 22 heavy (non-hydrogen) atoms. The van der Waals surface area contributed by atoms with E-state index in [1.54, 1.807) is 0 Å². The standard InChI is InChI=1S/C16H21ClN2O3/c17-14-5-3-12(4-6-14)7-8-19(10-13-1-2-13)11-15(20)18-9-16(21)22/h3-6,13H,1-2,7-11H2,(H,18,20)(H,21,22). The minimum absolute atomic E-state index is 0.237. The summed E-state index contributed by atoms with van der Waals surface area (Å²) in [6.45, 7) is 1.59. The Morgan fingerprint density at radius 1 is 1.27 bits per heavy atom. The van der Waals surface area contributed by atoms with Crippen molar-refractivity contribution in [2.45, 2.75) is 19.3 Å². The van der Waals surface area contributed by atoms with Crippen LogP contribution in [0.4, 0.5) is 0 Å². The third kappa shape index (κ3) is 6.45. The summed E-state index contributed by atoms with van der Waals surface area (Å²) in [5, 5.41) is 11.7. The first kappa shape index (κ1) is 16.8. The predicted molar refractivity (Wildman–Crippen MR) is 85.0 cm³/mol. The lowest BCUT2D eigenvalue weighted by atomic mass is 10.1. The number of carboxylic acid groups (broad SMARTS) is 1. The van der Waals surface area contributed by atoms with Crippen molar-refractivity contribution in [2.75, 3.05) is 26.2 Å². The van der Waals surface area contributed by atoms with Crippen molar-refractivity contribution >= 4 is 23.5 Å². The lowest BCUT2D eigenvalue weighted by molar-refractivity contribution is -0.138. The van der Waals surface area contributed by atoms with E-state index in [0.717, 1.165) is 19.5 Å². The van der Waals surface area contributed by atoms with E-state index in [1.807, 2.05) is 24.3 Å². The molecule has 0 radical (unpaired) electrons. The molecule has 0 heterocycles. The number of carboxylic acids is 1. The number of carbonyl (C=O) groups is 2. The number of hydrogen-bond acceptors (Lipinski definition) is 3. The fourth-order valence-electron chi connectivity index (χ4n) is 2.27. The maximum absolute atomic E-state index is 11.8. The molecule has 0 atom stereocenters. The molecule has 1 aliphatic rings. The number of halogens is 1. The third-order valence-electron chi connectivity index (χ3n) is 3.65. The summed E-state index contributed by atoms with van der Waals surface area (Å²) in [6, 6.07) is 7.70. The Labute approximate surface area is 135 Å². The van der Waals surface area contributed by atoms with Crippen molar-refractivity contribution in [3.8, 4) is 0 Å². The van der Waals surface area contributed by atoms with Gasteiger partial charge < -0.3 is 10.4 Å². The molecule has 0 aromatic heterocycles. The zero-order valence-corrected chi connectivity index (χ0v) is 13.2. The summed E-state index contributed by atoms with van der Waals surface area (Å²) in [5.74, 6) is -0.583. The van der Waals surface area contributed by atoms with E-state index in [9.17, 15) is 9.59 Å². The van der Waals surface area contributed by atoms with Crippen LogP contribution in [0.2, 0.25) is 5.02 Å². The lowest BCUT2D eigenvalue weighted by Crippen LogP contribution is -2.40. The predicted octanol–water partition coefficient (Wildman–Crippen LogP) is 1.80. The fourth-order valence-corrected chi connectivity index (χ4v) is 2.40. The van der Waals surface area contributed by atoms with Crippen LogP contribution >= 0.6 is 11.6 Å². The second-order valence-electron chi connectivity index (χ2n) is 5.73. The smallest absolute Gasteiger partial charge is 0.322 e. The zero-order valence-electron chi connectivity index (χ0n) is 12.4. The molecular formula is C16H21ClN2O3. The summed E-state index contributed by atoms with van der Waals surface area (Å²) in [6.07, 6.45) is 3.28. The average molecular weight is 325 g/mol. The van der Waals surface area contributed by atoms with Crippen LogP contribution in [0, 0.1) is 5.92 Å². The number of benzene rings is 1. The van der Waals surface area contributed by atoms with E-state index in [4.69, 9.17) is 16.7 Å². The average Bonchev–Trinajstić information content (AvgIpc) is 3.28. The Balaban J connectivity index is 1.81. The molecule has 6 heteroatoms. The Bertz CT molecular complexity index is 515. The molecule has 1 aromatic carbocycles. The number of nitrogens with zero attached hydrogens (tertiary/aromatic N) is 1. The summed E-state index contributed by atoms with van der Waals surface area (Å²) in [5.41, 5.74) is 1.18. The van der Waals surface area contributed by atoms with Crippen molar-refractivity contribution < 1.29 is 14.7 Å². The molecule has 1 amide bonds. The van der Waals surface area contributed by atoms with E-state index in [0.29, 0.717) is 10.9 Å². The van der Waals surface area contributed by atoms with Crippen LogP contribution in [0.15, 0.2) is 24.3 Å². The van der Waals surface area contributed by atoms with Crippen LogP contribution in [0.3, 0.4) is 0 Å². The summed E-state index contributed by atoms with van der Waals surface area (Å²) in [4.78, 5) is 24.4. The number of nitrogens with one attached hydrogen (secondary N) is 1. The minimum Gasteiger partial charge on any atom is -0.480 e. The van der Waals surface area contributed by atoms with E-state index < -0.39 is 5.97 Å². The van der Waals surface area contributed by atoms with Gasteiger partial charge in [-0.3, -0.25) is 14.5 Å². The highest BCUT2D eigenvalue weighted by Gasteiger charge is 2.25. The topological polar surface area (TPSA) is 69.6 Å². The van der Waals surface area contributed by atoms with Crippen molar-refractivity contribution in [1.82, 2.24) is 10.2 Å². The van der Waals surface area contributed by atoms with E-state index in [2.05, 4.69) is 10.2 Å². The van der Waals surface area contributed by atoms with Gasteiger partial charge in [0.1, 0.15) is 6.54 Å². The Hall–Kier alpha value is -1.59. The Kier molecular flexibility index (Phi) is 6.21. The zero-order chi connectivity index (χ0) is 15.9. The normalized spacial score (nSPS) is 14.1. The molecule has 0 spiro atoms. The van der Waals surface area contributed by atoms with Crippen LogP contribution in [0.5, 0.6) is 0 Å². The quantitative estimate of drug-likeness (QED) is 0.726. The molecule has 1 aliphatic carbocycles. The molecule has 0 unspecified atom stereocenters.